The highest BCUT2D eigenvalue weighted by Crippen LogP contribution is 2.16. The molecule has 1 aromatic carbocycles. The summed E-state index contributed by atoms with van der Waals surface area (Å²) in [5.41, 5.74) is 0.638. The van der Waals surface area contributed by atoms with Gasteiger partial charge in [-0.3, -0.25) is 14.5 Å². The Bertz CT molecular complexity index is 401. The number of hydrogen-bond acceptors (Lipinski definition) is 2. The third-order valence-electron chi connectivity index (χ3n) is 2.38. The quantitative estimate of drug-likeness (QED) is 0.689. The van der Waals surface area contributed by atoms with E-state index >= 15 is 0 Å². The molecule has 1 saturated heterocycles. The zero-order valence-corrected chi connectivity index (χ0v) is 8.07. The van der Waals surface area contributed by atoms with Crippen molar-refractivity contribution in [1.82, 2.24) is 4.90 Å². The van der Waals surface area contributed by atoms with E-state index in [1.165, 1.54) is 17.0 Å². The first-order valence-electron chi connectivity index (χ1n) is 4.74. The highest BCUT2D eigenvalue weighted by molar-refractivity contribution is 6.01. The molecule has 0 aliphatic carbocycles. The standard InChI is InChI=1S/C11H10FNO2/c12-9-3-1-2-8(6-9)7-13-10(14)4-5-11(13)15/h1-3,6H,4-5,7H2. The summed E-state index contributed by atoms with van der Waals surface area (Å²) in [5.74, 6) is -0.708. The predicted molar refractivity (Wildman–Crippen MR) is 51.2 cm³/mol. The monoisotopic (exact) mass is 207 g/mol. The first-order valence-corrected chi connectivity index (χ1v) is 4.74. The lowest BCUT2D eigenvalue weighted by Gasteiger charge is -2.13. The minimum absolute atomic E-state index is 0.176. The second-order valence-corrected chi connectivity index (χ2v) is 3.50. The lowest BCUT2D eigenvalue weighted by molar-refractivity contribution is -0.139. The molecule has 2 amide bonds. The molecule has 1 aliphatic rings. The van der Waals surface area contributed by atoms with Crippen LogP contribution in [0.5, 0.6) is 0 Å². The number of halogens is 1. The van der Waals surface area contributed by atoms with E-state index in [2.05, 4.69) is 0 Å². The molecule has 0 bridgehead atoms. The number of imide groups is 1. The molecule has 0 spiro atoms. The molecule has 0 N–H and O–H groups in total. The van der Waals surface area contributed by atoms with E-state index in [4.69, 9.17) is 0 Å². The Morgan fingerprint density at radius 2 is 1.87 bits per heavy atom. The number of carbonyl (C=O) groups excluding carboxylic acids is 2. The summed E-state index contributed by atoms with van der Waals surface area (Å²) < 4.78 is 12.8. The minimum atomic E-state index is -0.355. The molecule has 1 aromatic rings. The Labute approximate surface area is 86.5 Å². The van der Waals surface area contributed by atoms with Crippen LogP contribution in [0.2, 0.25) is 0 Å². The van der Waals surface area contributed by atoms with Gasteiger partial charge in [-0.15, -0.1) is 0 Å². The van der Waals surface area contributed by atoms with Crippen molar-refractivity contribution >= 4 is 11.8 Å². The predicted octanol–water partition coefficient (Wildman–Crippen LogP) is 1.47. The van der Waals surface area contributed by atoms with Crippen LogP contribution in [-0.2, 0) is 16.1 Å². The van der Waals surface area contributed by atoms with Crippen LogP contribution in [0.15, 0.2) is 24.3 Å². The van der Waals surface area contributed by atoms with E-state index in [9.17, 15) is 14.0 Å². The van der Waals surface area contributed by atoms with Crippen LogP contribution >= 0.6 is 0 Å². The maximum absolute atomic E-state index is 12.8. The molecule has 2 rings (SSSR count). The molecule has 0 unspecified atom stereocenters. The van der Waals surface area contributed by atoms with Crippen molar-refractivity contribution in [2.45, 2.75) is 19.4 Å². The molecular formula is C11H10FNO2. The van der Waals surface area contributed by atoms with Gasteiger partial charge in [-0.25, -0.2) is 4.39 Å². The number of rotatable bonds is 2. The second kappa shape index (κ2) is 3.81. The van der Waals surface area contributed by atoms with Crippen molar-refractivity contribution in [1.29, 1.82) is 0 Å². The fraction of sp³-hybridized carbons (Fsp3) is 0.273. The van der Waals surface area contributed by atoms with Gasteiger partial charge in [0.15, 0.2) is 0 Å². The van der Waals surface area contributed by atoms with Crippen LogP contribution in [0.4, 0.5) is 4.39 Å². The summed E-state index contributed by atoms with van der Waals surface area (Å²) >= 11 is 0. The van der Waals surface area contributed by atoms with Crippen molar-refractivity contribution in [3.8, 4) is 0 Å². The largest absolute Gasteiger partial charge is 0.278 e. The van der Waals surface area contributed by atoms with Crippen molar-refractivity contribution in [2.75, 3.05) is 0 Å². The van der Waals surface area contributed by atoms with E-state index < -0.39 is 0 Å². The molecule has 4 heteroatoms. The van der Waals surface area contributed by atoms with E-state index in [-0.39, 0.29) is 37.0 Å². The summed E-state index contributed by atoms with van der Waals surface area (Å²) in [4.78, 5) is 23.7. The van der Waals surface area contributed by atoms with Crippen molar-refractivity contribution in [3.05, 3.63) is 35.6 Å². The van der Waals surface area contributed by atoms with Gasteiger partial charge in [-0.1, -0.05) is 12.1 Å². The van der Waals surface area contributed by atoms with E-state index in [0.29, 0.717) is 5.56 Å². The molecule has 0 aromatic heterocycles. The van der Waals surface area contributed by atoms with Crippen LogP contribution in [0.1, 0.15) is 18.4 Å². The third kappa shape index (κ3) is 2.03. The second-order valence-electron chi connectivity index (χ2n) is 3.50. The van der Waals surface area contributed by atoms with Gasteiger partial charge in [0.05, 0.1) is 6.54 Å². The maximum Gasteiger partial charge on any atom is 0.229 e. The third-order valence-corrected chi connectivity index (χ3v) is 2.38. The summed E-state index contributed by atoms with van der Waals surface area (Å²) in [6, 6.07) is 5.92. The summed E-state index contributed by atoms with van der Waals surface area (Å²) in [6.45, 7) is 0.176. The average Bonchev–Trinajstić information content (AvgIpc) is 2.50. The van der Waals surface area contributed by atoms with Gasteiger partial charge in [-0.05, 0) is 17.7 Å². The van der Waals surface area contributed by atoms with Crippen LogP contribution in [0.3, 0.4) is 0 Å². The number of benzene rings is 1. The molecular weight excluding hydrogens is 197 g/mol. The molecule has 15 heavy (non-hydrogen) atoms. The number of carbonyl (C=O) groups is 2. The molecule has 0 radical (unpaired) electrons. The Balaban J connectivity index is 2.15. The fourth-order valence-corrected chi connectivity index (χ4v) is 1.62. The smallest absolute Gasteiger partial charge is 0.229 e. The van der Waals surface area contributed by atoms with Gasteiger partial charge in [0.1, 0.15) is 5.82 Å². The van der Waals surface area contributed by atoms with Gasteiger partial charge in [0, 0.05) is 12.8 Å². The molecule has 3 nitrogen and oxygen atoms in total. The van der Waals surface area contributed by atoms with Crippen LogP contribution in [0, 0.1) is 5.82 Å². The zero-order valence-electron chi connectivity index (χ0n) is 8.07. The highest BCUT2D eigenvalue weighted by Gasteiger charge is 2.28. The van der Waals surface area contributed by atoms with Crippen LogP contribution < -0.4 is 0 Å². The van der Waals surface area contributed by atoms with Gasteiger partial charge in [-0.2, -0.15) is 0 Å². The minimum Gasteiger partial charge on any atom is -0.278 e. The first-order chi connectivity index (χ1) is 7.16. The average molecular weight is 207 g/mol. The zero-order chi connectivity index (χ0) is 10.8. The van der Waals surface area contributed by atoms with Gasteiger partial charge in [0.25, 0.3) is 0 Å². The van der Waals surface area contributed by atoms with E-state index in [1.807, 2.05) is 0 Å². The maximum atomic E-state index is 12.8. The van der Waals surface area contributed by atoms with Crippen molar-refractivity contribution < 1.29 is 14.0 Å². The van der Waals surface area contributed by atoms with Crippen molar-refractivity contribution in [3.63, 3.8) is 0 Å². The highest BCUT2D eigenvalue weighted by atomic mass is 19.1. The lowest BCUT2D eigenvalue weighted by Crippen LogP contribution is -2.28. The first kappa shape index (κ1) is 9.83. The summed E-state index contributed by atoms with van der Waals surface area (Å²) in [5, 5.41) is 0. The Kier molecular flexibility index (Phi) is 2.49. The topological polar surface area (TPSA) is 37.4 Å². The van der Waals surface area contributed by atoms with E-state index in [1.54, 1.807) is 12.1 Å². The molecule has 0 saturated carbocycles. The number of hydrogen-bond donors (Lipinski definition) is 0. The molecule has 1 heterocycles. The lowest BCUT2D eigenvalue weighted by atomic mass is 10.2. The van der Waals surface area contributed by atoms with Crippen molar-refractivity contribution in [2.24, 2.45) is 0 Å². The van der Waals surface area contributed by atoms with Gasteiger partial charge < -0.3 is 0 Å². The van der Waals surface area contributed by atoms with Crippen LogP contribution in [-0.4, -0.2) is 16.7 Å². The molecule has 1 aliphatic heterocycles. The fourth-order valence-electron chi connectivity index (χ4n) is 1.62. The SMILES string of the molecule is O=C1CCC(=O)N1Cc1cccc(F)c1. The summed E-state index contributed by atoms with van der Waals surface area (Å²) in [7, 11) is 0. The number of nitrogens with zero attached hydrogens (tertiary/aromatic N) is 1. The Morgan fingerprint density at radius 1 is 1.20 bits per heavy atom. The Morgan fingerprint density at radius 3 is 2.47 bits per heavy atom. The normalized spacial score (nSPS) is 16.2. The van der Waals surface area contributed by atoms with E-state index in [0.717, 1.165) is 0 Å². The van der Waals surface area contributed by atoms with Crippen LogP contribution in [0.25, 0.3) is 0 Å². The number of amides is 2. The molecule has 1 fully saturated rings. The molecule has 78 valence electrons. The summed E-state index contributed by atoms with van der Waals surface area (Å²) in [6.07, 6.45) is 0.544. The number of likely N-dealkylation sites (tertiary alicyclic amines) is 1. The van der Waals surface area contributed by atoms with Gasteiger partial charge in [0.2, 0.25) is 11.8 Å². The Hall–Kier alpha value is -1.71. The molecule has 0 atom stereocenters. The van der Waals surface area contributed by atoms with Gasteiger partial charge >= 0.3 is 0 Å².